The SMILES string of the molecule is CCCCCc1nnc(NC(=O)Cn2nnc(-c3ccccc3)n2)s1. The molecule has 0 aliphatic carbocycles. The van der Waals surface area contributed by atoms with Crippen molar-refractivity contribution in [3.63, 3.8) is 0 Å². The van der Waals surface area contributed by atoms with Gasteiger partial charge < -0.3 is 0 Å². The molecule has 0 fully saturated rings. The number of tetrazole rings is 1. The zero-order valence-electron chi connectivity index (χ0n) is 13.9. The van der Waals surface area contributed by atoms with E-state index < -0.39 is 0 Å². The van der Waals surface area contributed by atoms with E-state index in [-0.39, 0.29) is 12.5 Å². The molecule has 0 radical (unpaired) electrons. The molecule has 130 valence electrons. The first-order valence-corrected chi connectivity index (χ1v) is 9.01. The molecule has 0 spiro atoms. The molecule has 0 unspecified atom stereocenters. The van der Waals surface area contributed by atoms with E-state index >= 15 is 0 Å². The van der Waals surface area contributed by atoms with E-state index in [1.807, 2.05) is 30.3 Å². The maximum absolute atomic E-state index is 12.1. The van der Waals surface area contributed by atoms with Crippen LogP contribution in [0.4, 0.5) is 5.13 Å². The first kappa shape index (κ1) is 17.2. The number of amides is 1. The van der Waals surface area contributed by atoms with Gasteiger partial charge in [-0.1, -0.05) is 61.4 Å². The van der Waals surface area contributed by atoms with Gasteiger partial charge in [0.05, 0.1) is 0 Å². The molecule has 0 aliphatic rings. The van der Waals surface area contributed by atoms with Crippen LogP contribution < -0.4 is 5.32 Å². The molecule has 2 aromatic heterocycles. The average Bonchev–Trinajstić information content (AvgIpc) is 3.26. The lowest BCUT2D eigenvalue weighted by Crippen LogP contribution is -2.20. The minimum Gasteiger partial charge on any atom is -0.299 e. The summed E-state index contributed by atoms with van der Waals surface area (Å²) in [4.78, 5) is 13.4. The second-order valence-corrected chi connectivity index (χ2v) is 6.58. The van der Waals surface area contributed by atoms with E-state index in [1.54, 1.807) is 0 Å². The highest BCUT2D eigenvalue weighted by Crippen LogP contribution is 2.17. The normalized spacial score (nSPS) is 10.8. The lowest BCUT2D eigenvalue weighted by molar-refractivity contribution is -0.117. The monoisotopic (exact) mass is 357 g/mol. The van der Waals surface area contributed by atoms with Crippen LogP contribution in [0.25, 0.3) is 11.4 Å². The number of carbonyl (C=O) groups excluding carboxylic acids is 1. The first-order chi connectivity index (χ1) is 12.2. The van der Waals surface area contributed by atoms with Gasteiger partial charge in [-0.05, 0) is 11.6 Å². The van der Waals surface area contributed by atoms with Gasteiger partial charge in [-0.2, -0.15) is 4.80 Å². The van der Waals surface area contributed by atoms with Crippen LogP contribution in [0, 0.1) is 0 Å². The van der Waals surface area contributed by atoms with Crippen molar-refractivity contribution in [1.29, 1.82) is 0 Å². The summed E-state index contributed by atoms with van der Waals surface area (Å²) in [5, 5.41) is 24.4. The van der Waals surface area contributed by atoms with Crippen molar-refractivity contribution in [2.75, 3.05) is 5.32 Å². The van der Waals surface area contributed by atoms with Gasteiger partial charge in [-0.15, -0.1) is 20.4 Å². The van der Waals surface area contributed by atoms with Crippen molar-refractivity contribution < 1.29 is 4.79 Å². The number of benzene rings is 1. The topological polar surface area (TPSA) is 98.5 Å². The summed E-state index contributed by atoms with van der Waals surface area (Å²) >= 11 is 1.40. The summed E-state index contributed by atoms with van der Waals surface area (Å²) in [6.45, 7) is 2.14. The van der Waals surface area contributed by atoms with Crippen LogP contribution in [0.1, 0.15) is 31.2 Å². The molecule has 0 aliphatic heterocycles. The summed E-state index contributed by atoms with van der Waals surface area (Å²) in [5.41, 5.74) is 0.856. The van der Waals surface area contributed by atoms with Gasteiger partial charge in [0, 0.05) is 12.0 Å². The van der Waals surface area contributed by atoms with Crippen molar-refractivity contribution in [2.24, 2.45) is 0 Å². The molecule has 2 heterocycles. The second-order valence-electron chi connectivity index (χ2n) is 5.52. The molecule has 8 nitrogen and oxygen atoms in total. The maximum Gasteiger partial charge on any atom is 0.249 e. The third-order valence-corrected chi connectivity index (χ3v) is 4.38. The Balaban J connectivity index is 1.54. The van der Waals surface area contributed by atoms with Crippen molar-refractivity contribution in [2.45, 2.75) is 39.2 Å². The summed E-state index contributed by atoms with van der Waals surface area (Å²) < 4.78 is 0. The molecule has 25 heavy (non-hydrogen) atoms. The van der Waals surface area contributed by atoms with Gasteiger partial charge in [0.15, 0.2) is 0 Å². The lowest BCUT2D eigenvalue weighted by Gasteiger charge is -1.99. The number of unbranched alkanes of at least 4 members (excludes halogenated alkanes) is 2. The van der Waals surface area contributed by atoms with Crippen LogP contribution in [0.15, 0.2) is 30.3 Å². The van der Waals surface area contributed by atoms with Crippen LogP contribution in [-0.4, -0.2) is 36.3 Å². The van der Waals surface area contributed by atoms with Gasteiger partial charge in [-0.25, -0.2) is 0 Å². The van der Waals surface area contributed by atoms with Gasteiger partial charge in [-0.3, -0.25) is 10.1 Å². The Hall–Kier alpha value is -2.68. The van der Waals surface area contributed by atoms with E-state index in [1.165, 1.54) is 22.6 Å². The molecule has 0 atom stereocenters. The van der Waals surface area contributed by atoms with Crippen LogP contribution >= 0.6 is 11.3 Å². The summed E-state index contributed by atoms with van der Waals surface area (Å²) in [7, 11) is 0. The van der Waals surface area contributed by atoms with Gasteiger partial charge in [0.1, 0.15) is 11.6 Å². The number of rotatable bonds is 8. The Morgan fingerprint density at radius 3 is 2.80 bits per heavy atom. The van der Waals surface area contributed by atoms with Crippen molar-refractivity contribution in [3.8, 4) is 11.4 Å². The number of nitrogens with zero attached hydrogens (tertiary/aromatic N) is 6. The lowest BCUT2D eigenvalue weighted by atomic mass is 10.2. The average molecular weight is 357 g/mol. The van der Waals surface area contributed by atoms with Crippen molar-refractivity contribution in [1.82, 2.24) is 30.4 Å². The third-order valence-electron chi connectivity index (χ3n) is 3.48. The maximum atomic E-state index is 12.1. The molecule has 9 heteroatoms. The van der Waals surface area contributed by atoms with E-state index in [0.717, 1.165) is 29.8 Å². The Morgan fingerprint density at radius 1 is 1.16 bits per heavy atom. The molecule has 0 saturated heterocycles. The summed E-state index contributed by atoms with van der Waals surface area (Å²) in [6.07, 6.45) is 4.32. The van der Waals surface area contributed by atoms with Crippen LogP contribution in [0.3, 0.4) is 0 Å². The number of anilines is 1. The molecular formula is C16H19N7OS. The molecule has 1 aromatic carbocycles. The summed E-state index contributed by atoms with van der Waals surface area (Å²) in [5.74, 6) is 0.232. The van der Waals surface area contributed by atoms with E-state index in [4.69, 9.17) is 0 Å². The number of hydrogen-bond donors (Lipinski definition) is 1. The number of carbonyl (C=O) groups is 1. The molecule has 0 saturated carbocycles. The number of aromatic nitrogens is 6. The summed E-state index contributed by atoms with van der Waals surface area (Å²) in [6, 6.07) is 9.50. The molecule has 3 rings (SSSR count). The Kier molecular flexibility index (Phi) is 5.78. The van der Waals surface area contributed by atoms with Crippen molar-refractivity contribution >= 4 is 22.4 Å². The van der Waals surface area contributed by atoms with E-state index in [2.05, 4.69) is 37.8 Å². The highest BCUT2D eigenvalue weighted by Gasteiger charge is 2.11. The molecule has 1 amide bonds. The zero-order valence-corrected chi connectivity index (χ0v) is 14.7. The fourth-order valence-corrected chi connectivity index (χ4v) is 3.03. The van der Waals surface area contributed by atoms with Crippen molar-refractivity contribution in [3.05, 3.63) is 35.3 Å². The van der Waals surface area contributed by atoms with Crippen LogP contribution in [0.2, 0.25) is 0 Å². The number of aryl methyl sites for hydroxylation is 1. The fourth-order valence-electron chi connectivity index (χ4n) is 2.23. The standard InChI is InChI=1S/C16H19N7OS/c1-2-3-5-10-14-18-20-16(25-14)17-13(24)11-23-21-15(19-22-23)12-8-6-4-7-9-12/h4,6-9H,2-3,5,10-11H2,1H3,(H,17,20,24). The molecule has 3 aromatic rings. The Bertz CT molecular complexity index is 815. The van der Waals surface area contributed by atoms with Gasteiger partial charge in [0.25, 0.3) is 0 Å². The molecule has 0 bridgehead atoms. The fraction of sp³-hybridized carbons (Fsp3) is 0.375. The highest BCUT2D eigenvalue weighted by atomic mass is 32.1. The first-order valence-electron chi connectivity index (χ1n) is 8.20. The number of nitrogens with one attached hydrogen (secondary N) is 1. The van der Waals surface area contributed by atoms with Crippen LogP contribution in [-0.2, 0) is 17.8 Å². The predicted molar refractivity (Wildman–Crippen MR) is 95.0 cm³/mol. The van der Waals surface area contributed by atoms with Crippen LogP contribution in [0.5, 0.6) is 0 Å². The van der Waals surface area contributed by atoms with Gasteiger partial charge >= 0.3 is 0 Å². The molecular weight excluding hydrogens is 338 g/mol. The Morgan fingerprint density at radius 2 is 2.00 bits per heavy atom. The second kappa shape index (κ2) is 8.43. The Labute approximate surface area is 149 Å². The third kappa shape index (κ3) is 4.90. The minimum absolute atomic E-state index is 0.0232. The van der Waals surface area contributed by atoms with E-state index in [9.17, 15) is 4.79 Å². The minimum atomic E-state index is -0.256. The number of hydrogen-bond acceptors (Lipinski definition) is 7. The largest absolute Gasteiger partial charge is 0.299 e. The zero-order chi connectivity index (χ0) is 17.5. The predicted octanol–water partition coefficient (Wildman–Crippen LogP) is 2.56. The quantitative estimate of drug-likeness (QED) is 0.622. The smallest absolute Gasteiger partial charge is 0.249 e. The van der Waals surface area contributed by atoms with Gasteiger partial charge in [0.2, 0.25) is 16.9 Å². The highest BCUT2D eigenvalue weighted by molar-refractivity contribution is 7.15. The van der Waals surface area contributed by atoms with E-state index in [0.29, 0.717) is 11.0 Å². The molecule has 1 N–H and O–H groups in total.